The summed E-state index contributed by atoms with van der Waals surface area (Å²) in [6, 6.07) is 9.53. The summed E-state index contributed by atoms with van der Waals surface area (Å²) < 4.78 is 5.36. The average molecular weight is 320 g/mol. The Bertz CT molecular complexity index is 928. The average Bonchev–Trinajstić information content (AvgIpc) is 2.82. The summed E-state index contributed by atoms with van der Waals surface area (Å²) in [6.45, 7) is 4.04. The molecule has 0 unspecified atom stereocenters. The molecule has 0 bridgehead atoms. The van der Waals surface area contributed by atoms with Gasteiger partial charge in [0.1, 0.15) is 5.75 Å². The maximum atomic E-state index is 12.4. The van der Waals surface area contributed by atoms with Crippen LogP contribution in [0.4, 0.5) is 11.4 Å². The molecule has 2 amide bonds. The Morgan fingerprint density at radius 3 is 2.71 bits per heavy atom. The largest absolute Gasteiger partial charge is 0.482 e. The first-order valence-electron chi connectivity index (χ1n) is 7.72. The molecule has 5 nitrogen and oxygen atoms in total. The normalized spacial score (nSPS) is 17.0. The predicted octanol–water partition coefficient (Wildman–Crippen LogP) is 3.13. The fraction of sp³-hybridized carbons (Fsp3) is 0.158. The van der Waals surface area contributed by atoms with Crippen LogP contribution in [-0.4, -0.2) is 18.4 Å². The Balaban J connectivity index is 1.79. The maximum Gasteiger partial charge on any atom is 0.262 e. The number of ether oxygens (including phenoxy) is 1. The topological polar surface area (TPSA) is 67.4 Å². The third-order valence-corrected chi connectivity index (χ3v) is 4.19. The molecule has 0 radical (unpaired) electrons. The molecule has 2 heterocycles. The first-order chi connectivity index (χ1) is 11.5. The van der Waals surface area contributed by atoms with Crippen molar-refractivity contribution >= 4 is 34.8 Å². The van der Waals surface area contributed by atoms with E-state index in [1.165, 1.54) is 0 Å². The van der Waals surface area contributed by atoms with Gasteiger partial charge in [0.25, 0.3) is 11.8 Å². The summed E-state index contributed by atoms with van der Waals surface area (Å²) in [5.74, 6) is 0.346. The van der Waals surface area contributed by atoms with E-state index in [9.17, 15) is 9.59 Å². The lowest BCUT2D eigenvalue weighted by atomic mass is 9.97. The molecule has 2 aromatic carbocycles. The highest BCUT2D eigenvalue weighted by Crippen LogP contribution is 2.37. The van der Waals surface area contributed by atoms with E-state index >= 15 is 0 Å². The second-order valence-electron chi connectivity index (χ2n) is 6.11. The molecule has 0 saturated carbocycles. The van der Waals surface area contributed by atoms with E-state index in [1.807, 2.05) is 38.1 Å². The lowest BCUT2D eigenvalue weighted by Crippen LogP contribution is -2.25. The standard InChI is InChI=1S/C19H16N2O3/c1-10-5-11(2)18-13(19(23)21-15(18)6-10)7-12-3-4-16-14(8-12)20-17(22)9-24-16/h3-8H,9H2,1-2H3,(H,20,22)(H,21,23)/b13-7+. The number of benzene rings is 2. The Hall–Kier alpha value is -3.08. The van der Waals surface area contributed by atoms with Crippen molar-refractivity contribution in [1.29, 1.82) is 0 Å². The summed E-state index contributed by atoms with van der Waals surface area (Å²) in [6.07, 6.45) is 1.84. The lowest BCUT2D eigenvalue weighted by Gasteiger charge is -2.18. The van der Waals surface area contributed by atoms with Gasteiger partial charge < -0.3 is 15.4 Å². The zero-order chi connectivity index (χ0) is 16.8. The maximum absolute atomic E-state index is 12.4. The number of nitrogens with one attached hydrogen (secondary N) is 2. The molecule has 2 aliphatic rings. The fourth-order valence-corrected chi connectivity index (χ4v) is 3.22. The molecule has 2 aliphatic heterocycles. The molecule has 0 saturated heterocycles. The molecule has 4 rings (SSSR count). The minimum atomic E-state index is -0.178. The molecule has 0 atom stereocenters. The molecule has 24 heavy (non-hydrogen) atoms. The number of hydrogen-bond acceptors (Lipinski definition) is 3. The van der Waals surface area contributed by atoms with Crippen LogP contribution in [0.5, 0.6) is 5.75 Å². The van der Waals surface area contributed by atoms with E-state index in [2.05, 4.69) is 16.7 Å². The van der Waals surface area contributed by atoms with E-state index in [-0.39, 0.29) is 18.4 Å². The SMILES string of the molecule is Cc1cc(C)c2c(c1)NC(=O)/C2=C/c1ccc2c(c1)NC(=O)CO2. The van der Waals surface area contributed by atoms with Gasteiger partial charge in [-0.3, -0.25) is 9.59 Å². The molecule has 2 aromatic rings. The van der Waals surface area contributed by atoms with Gasteiger partial charge in [0.05, 0.1) is 5.69 Å². The molecular formula is C19H16N2O3. The summed E-state index contributed by atoms with van der Waals surface area (Å²) in [7, 11) is 0. The van der Waals surface area contributed by atoms with Gasteiger partial charge in [-0.2, -0.15) is 0 Å². The third kappa shape index (κ3) is 2.34. The number of rotatable bonds is 1. The number of fused-ring (bicyclic) bond motifs is 2. The van der Waals surface area contributed by atoms with Crippen LogP contribution in [0.15, 0.2) is 30.3 Å². The Morgan fingerprint density at radius 2 is 1.88 bits per heavy atom. The van der Waals surface area contributed by atoms with Gasteiger partial charge in [-0.15, -0.1) is 0 Å². The van der Waals surface area contributed by atoms with Crippen LogP contribution in [0.25, 0.3) is 11.6 Å². The van der Waals surface area contributed by atoms with Gasteiger partial charge in [0.15, 0.2) is 6.61 Å². The Labute approximate surface area is 139 Å². The zero-order valence-electron chi connectivity index (χ0n) is 13.4. The van der Waals surface area contributed by atoms with Crippen molar-refractivity contribution < 1.29 is 14.3 Å². The van der Waals surface area contributed by atoms with Crippen molar-refractivity contribution in [3.8, 4) is 5.75 Å². The Kier molecular flexibility index (Phi) is 3.16. The van der Waals surface area contributed by atoms with Crippen LogP contribution in [-0.2, 0) is 9.59 Å². The van der Waals surface area contributed by atoms with Crippen LogP contribution in [0.3, 0.4) is 0 Å². The van der Waals surface area contributed by atoms with Crippen molar-refractivity contribution in [3.63, 3.8) is 0 Å². The zero-order valence-corrected chi connectivity index (χ0v) is 13.4. The smallest absolute Gasteiger partial charge is 0.262 e. The van der Waals surface area contributed by atoms with Crippen LogP contribution in [0, 0.1) is 13.8 Å². The van der Waals surface area contributed by atoms with Gasteiger partial charge in [-0.25, -0.2) is 0 Å². The first-order valence-corrected chi connectivity index (χ1v) is 7.72. The highest BCUT2D eigenvalue weighted by molar-refractivity contribution is 6.35. The van der Waals surface area contributed by atoms with E-state index < -0.39 is 0 Å². The van der Waals surface area contributed by atoms with Crippen LogP contribution < -0.4 is 15.4 Å². The molecule has 0 fully saturated rings. The number of amides is 2. The molecule has 0 aromatic heterocycles. The van der Waals surface area contributed by atoms with E-state index in [0.717, 1.165) is 27.9 Å². The van der Waals surface area contributed by atoms with Crippen LogP contribution in [0.2, 0.25) is 0 Å². The van der Waals surface area contributed by atoms with E-state index in [4.69, 9.17) is 4.74 Å². The molecular weight excluding hydrogens is 304 g/mol. The second-order valence-corrected chi connectivity index (χ2v) is 6.11. The first kappa shape index (κ1) is 14.5. The fourth-order valence-electron chi connectivity index (χ4n) is 3.22. The number of aryl methyl sites for hydroxylation is 2. The summed E-state index contributed by atoms with van der Waals surface area (Å²) in [5.41, 5.74) is 6.04. The lowest BCUT2D eigenvalue weighted by molar-refractivity contribution is -0.118. The second kappa shape index (κ2) is 5.23. The molecule has 5 heteroatoms. The summed E-state index contributed by atoms with van der Waals surface area (Å²) in [4.78, 5) is 23.8. The molecule has 0 aliphatic carbocycles. The van der Waals surface area contributed by atoms with Gasteiger partial charge in [0.2, 0.25) is 0 Å². The van der Waals surface area contributed by atoms with Crippen molar-refractivity contribution in [2.75, 3.05) is 17.2 Å². The van der Waals surface area contributed by atoms with Gasteiger partial charge in [-0.05, 0) is 54.8 Å². The van der Waals surface area contributed by atoms with Crippen LogP contribution >= 0.6 is 0 Å². The minimum Gasteiger partial charge on any atom is -0.482 e. The van der Waals surface area contributed by atoms with Gasteiger partial charge in [-0.1, -0.05) is 12.1 Å². The van der Waals surface area contributed by atoms with E-state index in [1.54, 1.807) is 6.07 Å². The van der Waals surface area contributed by atoms with Crippen molar-refractivity contribution in [2.45, 2.75) is 13.8 Å². The highest BCUT2D eigenvalue weighted by atomic mass is 16.5. The van der Waals surface area contributed by atoms with Crippen molar-refractivity contribution in [2.24, 2.45) is 0 Å². The quantitative estimate of drug-likeness (QED) is 0.793. The predicted molar refractivity (Wildman–Crippen MR) is 93.0 cm³/mol. The van der Waals surface area contributed by atoms with Gasteiger partial charge in [0, 0.05) is 16.8 Å². The number of hydrogen-bond donors (Lipinski definition) is 2. The van der Waals surface area contributed by atoms with E-state index in [0.29, 0.717) is 17.0 Å². The summed E-state index contributed by atoms with van der Waals surface area (Å²) >= 11 is 0. The van der Waals surface area contributed by atoms with Crippen molar-refractivity contribution in [1.82, 2.24) is 0 Å². The number of anilines is 2. The van der Waals surface area contributed by atoms with Gasteiger partial charge >= 0.3 is 0 Å². The monoisotopic (exact) mass is 320 g/mol. The molecule has 2 N–H and O–H groups in total. The number of carbonyl (C=O) groups excluding carboxylic acids is 2. The third-order valence-electron chi connectivity index (χ3n) is 4.19. The highest BCUT2D eigenvalue weighted by Gasteiger charge is 2.26. The Morgan fingerprint density at radius 1 is 1.04 bits per heavy atom. The number of carbonyl (C=O) groups is 2. The summed E-state index contributed by atoms with van der Waals surface area (Å²) in [5, 5.41) is 5.70. The molecule has 0 spiro atoms. The minimum absolute atomic E-state index is 0.0295. The van der Waals surface area contributed by atoms with Crippen molar-refractivity contribution in [3.05, 3.63) is 52.6 Å². The molecule has 120 valence electrons. The van der Waals surface area contributed by atoms with Crippen LogP contribution in [0.1, 0.15) is 22.3 Å².